The molecule has 0 spiro atoms. The molecule has 1 aromatic heterocycles. The van der Waals surface area contributed by atoms with Gasteiger partial charge < -0.3 is 0 Å². The molecule has 0 unspecified atom stereocenters. The molecule has 2 rings (SSSR count). The Bertz CT molecular complexity index is 679. The van der Waals surface area contributed by atoms with E-state index in [2.05, 4.69) is 5.10 Å². The smallest absolute Gasteiger partial charge is 0.279 e. The van der Waals surface area contributed by atoms with Gasteiger partial charge in [-0.05, 0) is 30.3 Å². The number of carbonyl (C=O) groups is 1. The van der Waals surface area contributed by atoms with E-state index in [1.165, 1.54) is 37.4 Å². The van der Waals surface area contributed by atoms with Crippen LogP contribution in [0, 0.1) is 5.82 Å². The van der Waals surface area contributed by atoms with E-state index >= 15 is 0 Å². The van der Waals surface area contributed by atoms with E-state index in [1.54, 1.807) is 0 Å². The number of nitrogens with zero attached hydrogens (tertiary/aromatic N) is 2. The zero-order chi connectivity index (χ0) is 14.0. The molecule has 0 atom stereocenters. The maximum absolute atomic E-state index is 12.9. The monoisotopic (exact) mass is 262 g/mol. The Hall–Kier alpha value is -2.54. The predicted octanol–water partition coefficient (Wildman–Crippen LogP) is 0.190. The number of aromatic nitrogens is 2. The standard InChI is InChI=1S/C12H11FN4O2/c1-17-12(19)9(11(18)15-14)6-10(16-17)7-2-4-8(13)5-3-7/h2-6H,14H2,1H3,(H,15,18). The lowest BCUT2D eigenvalue weighted by Gasteiger charge is -2.06. The molecule has 0 fully saturated rings. The number of nitrogens with one attached hydrogen (secondary N) is 1. The summed E-state index contributed by atoms with van der Waals surface area (Å²) in [7, 11) is 1.42. The summed E-state index contributed by atoms with van der Waals surface area (Å²) in [6.45, 7) is 0. The largest absolute Gasteiger partial charge is 0.290 e. The lowest BCUT2D eigenvalue weighted by atomic mass is 10.1. The number of hydrogen-bond acceptors (Lipinski definition) is 4. The van der Waals surface area contributed by atoms with E-state index in [9.17, 15) is 14.0 Å². The normalized spacial score (nSPS) is 10.3. The Morgan fingerprint density at radius 2 is 2.00 bits per heavy atom. The first kappa shape index (κ1) is 12.9. The quantitative estimate of drug-likeness (QED) is 0.459. The summed E-state index contributed by atoms with van der Waals surface area (Å²) in [5.41, 5.74) is 2.17. The molecule has 98 valence electrons. The van der Waals surface area contributed by atoms with Gasteiger partial charge in [0.25, 0.3) is 11.5 Å². The molecule has 2 aromatic rings. The summed E-state index contributed by atoms with van der Waals surface area (Å²) in [5, 5.41) is 4.01. The second-order valence-corrected chi connectivity index (χ2v) is 3.85. The number of amides is 1. The number of carbonyl (C=O) groups excluding carboxylic acids is 1. The minimum Gasteiger partial charge on any atom is -0.290 e. The molecular formula is C12H11FN4O2. The molecular weight excluding hydrogens is 251 g/mol. The van der Waals surface area contributed by atoms with Crippen molar-refractivity contribution in [3.63, 3.8) is 0 Å². The summed E-state index contributed by atoms with van der Waals surface area (Å²) in [4.78, 5) is 23.2. The molecule has 0 saturated carbocycles. The third-order valence-electron chi connectivity index (χ3n) is 2.58. The van der Waals surface area contributed by atoms with Crippen molar-refractivity contribution in [2.75, 3.05) is 0 Å². The van der Waals surface area contributed by atoms with Crippen LogP contribution in [0.5, 0.6) is 0 Å². The van der Waals surface area contributed by atoms with Gasteiger partial charge in [-0.15, -0.1) is 0 Å². The summed E-state index contributed by atoms with van der Waals surface area (Å²) in [6.07, 6.45) is 0. The van der Waals surface area contributed by atoms with Crippen molar-refractivity contribution in [3.8, 4) is 11.3 Å². The van der Waals surface area contributed by atoms with E-state index < -0.39 is 11.5 Å². The highest BCUT2D eigenvalue weighted by Crippen LogP contribution is 2.16. The van der Waals surface area contributed by atoms with Gasteiger partial charge in [-0.25, -0.2) is 14.9 Å². The molecule has 6 nitrogen and oxygen atoms in total. The summed E-state index contributed by atoms with van der Waals surface area (Å²) in [5.74, 6) is 3.93. The first-order chi connectivity index (χ1) is 9.02. The van der Waals surface area contributed by atoms with Crippen LogP contribution in [0.2, 0.25) is 0 Å². The Labute approximate surface area is 107 Å². The van der Waals surface area contributed by atoms with Crippen molar-refractivity contribution in [1.82, 2.24) is 15.2 Å². The van der Waals surface area contributed by atoms with Gasteiger partial charge in [-0.3, -0.25) is 15.0 Å². The highest BCUT2D eigenvalue weighted by Gasteiger charge is 2.14. The number of benzene rings is 1. The van der Waals surface area contributed by atoms with E-state index in [1.807, 2.05) is 5.43 Å². The summed E-state index contributed by atoms with van der Waals surface area (Å²) >= 11 is 0. The fourth-order valence-electron chi connectivity index (χ4n) is 1.61. The van der Waals surface area contributed by atoms with Gasteiger partial charge in [0.15, 0.2) is 0 Å². The second kappa shape index (κ2) is 4.99. The lowest BCUT2D eigenvalue weighted by molar-refractivity contribution is 0.0951. The molecule has 1 aromatic carbocycles. The average molecular weight is 262 g/mol. The first-order valence-electron chi connectivity index (χ1n) is 5.38. The van der Waals surface area contributed by atoms with Crippen LogP contribution in [0.3, 0.4) is 0 Å². The van der Waals surface area contributed by atoms with Crippen LogP contribution in [0.15, 0.2) is 35.1 Å². The average Bonchev–Trinajstić information content (AvgIpc) is 2.41. The maximum atomic E-state index is 12.9. The molecule has 19 heavy (non-hydrogen) atoms. The van der Waals surface area contributed by atoms with Crippen molar-refractivity contribution in [2.45, 2.75) is 0 Å². The lowest BCUT2D eigenvalue weighted by Crippen LogP contribution is -2.36. The number of hydrogen-bond donors (Lipinski definition) is 2. The van der Waals surface area contributed by atoms with E-state index in [4.69, 9.17) is 5.84 Å². The number of aryl methyl sites for hydroxylation is 1. The number of hydrazine groups is 1. The van der Waals surface area contributed by atoms with Gasteiger partial charge >= 0.3 is 0 Å². The fraction of sp³-hybridized carbons (Fsp3) is 0.0833. The molecule has 0 bridgehead atoms. The Kier molecular flexibility index (Phi) is 3.39. The van der Waals surface area contributed by atoms with Gasteiger partial charge in [0, 0.05) is 12.6 Å². The van der Waals surface area contributed by atoms with E-state index in [0.29, 0.717) is 11.3 Å². The highest BCUT2D eigenvalue weighted by atomic mass is 19.1. The van der Waals surface area contributed by atoms with Crippen molar-refractivity contribution < 1.29 is 9.18 Å². The third-order valence-corrected chi connectivity index (χ3v) is 2.58. The maximum Gasteiger partial charge on any atom is 0.279 e. The van der Waals surface area contributed by atoms with Gasteiger partial charge in [-0.1, -0.05) is 0 Å². The van der Waals surface area contributed by atoms with Crippen LogP contribution in [0.4, 0.5) is 4.39 Å². The minimum atomic E-state index is -0.702. The van der Waals surface area contributed by atoms with Crippen LogP contribution < -0.4 is 16.8 Å². The summed E-state index contributed by atoms with van der Waals surface area (Å²) < 4.78 is 13.9. The number of rotatable bonds is 2. The van der Waals surface area contributed by atoms with Crippen molar-refractivity contribution in [1.29, 1.82) is 0 Å². The Balaban J connectivity index is 2.59. The third kappa shape index (κ3) is 2.50. The van der Waals surface area contributed by atoms with Crippen LogP contribution in [-0.2, 0) is 7.05 Å². The predicted molar refractivity (Wildman–Crippen MR) is 66.5 cm³/mol. The SMILES string of the molecule is Cn1nc(-c2ccc(F)cc2)cc(C(=O)NN)c1=O. The first-order valence-corrected chi connectivity index (χ1v) is 5.38. The molecule has 3 N–H and O–H groups in total. The molecule has 0 aliphatic heterocycles. The highest BCUT2D eigenvalue weighted by molar-refractivity contribution is 5.94. The molecule has 0 aliphatic rings. The molecule has 7 heteroatoms. The fourth-order valence-corrected chi connectivity index (χ4v) is 1.61. The number of nitrogens with two attached hydrogens (primary N) is 1. The molecule has 1 heterocycles. The van der Waals surface area contributed by atoms with Crippen molar-refractivity contribution >= 4 is 5.91 Å². The van der Waals surface area contributed by atoms with Crippen LogP contribution in [0.25, 0.3) is 11.3 Å². The Morgan fingerprint density at radius 3 is 2.58 bits per heavy atom. The Morgan fingerprint density at radius 1 is 1.37 bits per heavy atom. The van der Waals surface area contributed by atoms with Crippen LogP contribution in [0.1, 0.15) is 10.4 Å². The van der Waals surface area contributed by atoms with Crippen molar-refractivity contribution in [3.05, 3.63) is 52.1 Å². The zero-order valence-corrected chi connectivity index (χ0v) is 10.1. The van der Waals surface area contributed by atoms with Crippen LogP contribution in [-0.4, -0.2) is 15.7 Å². The van der Waals surface area contributed by atoms with Gasteiger partial charge in [0.05, 0.1) is 5.69 Å². The molecule has 0 radical (unpaired) electrons. The van der Waals surface area contributed by atoms with Crippen LogP contribution >= 0.6 is 0 Å². The molecule has 1 amide bonds. The second-order valence-electron chi connectivity index (χ2n) is 3.85. The minimum absolute atomic E-state index is 0.126. The molecule has 0 aliphatic carbocycles. The summed E-state index contributed by atoms with van der Waals surface area (Å²) in [6, 6.07) is 6.87. The molecule has 0 saturated heterocycles. The van der Waals surface area contributed by atoms with Gasteiger partial charge in [0.1, 0.15) is 11.4 Å². The van der Waals surface area contributed by atoms with Gasteiger partial charge in [-0.2, -0.15) is 5.10 Å². The topological polar surface area (TPSA) is 90.0 Å². The number of halogens is 1. The number of nitrogen functional groups attached to an aromatic ring is 1. The van der Waals surface area contributed by atoms with E-state index in [0.717, 1.165) is 4.68 Å². The zero-order valence-electron chi connectivity index (χ0n) is 10.1. The van der Waals surface area contributed by atoms with E-state index in [-0.39, 0.29) is 11.4 Å². The van der Waals surface area contributed by atoms with Gasteiger partial charge in [0.2, 0.25) is 0 Å². The van der Waals surface area contributed by atoms with Crippen molar-refractivity contribution in [2.24, 2.45) is 12.9 Å².